The van der Waals surface area contributed by atoms with E-state index >= 15 is 0 Å². The fourth-order valence-corrected chi connectivity index (χ4v) is 2.69. The minimum Gasteiger partial charge on any atom is -0.351 e. The van der Waals surface area contributed by atoms with E-state index in [4.69, 9.17) is 0 Å². The summed E-state index contributed by atoms with van der Waals surface area (Å²) in [5, 5.41) is 2.75. The van der Waals surface area contributed by atoms with E-state index in [1.807, 2.05) is 35.2 Å². The minimum atomic E-state index is -0.260. The second kappa shape index (κ2) is 7.68. The number of rotatable bonds is 5. The van der Waals surface area contributed by atoms with Crippen molar-refractivity contribution >= 4 is 11.8 Å². The molecular weight excluding hydrogens is 304 g/mol. The van der Waals surface area contributed by atoms with Crippen LogP contribution in [0.5, 0.6) is 0 Å². The Labute approximate surface area is 140 Å². The Bertz CT molecular complexity index is 695. The number of nitrogens with one attached hydrogen (secondary N) is 1. The van der Waals surface area contributed by atoms with Crippen LogP contribution in [0.1, 0.15) is 29.6 Å². The molecule has 1 saturated heterocycles. The van der Waals surface area contributed by atoms with Crippen LogP contribution in [-0.4, -0.2) is 46.3 Å². The Kier molecular flexibility index (Phi) is 5.15. The summed E-state index contributed by atoms with van der Waals surface area (Å²) in [7, 11) is 0. The average Bonchev–Trinajstić information content (AvgIpc) is 3.17. The lowest BCUT2D eigenvalue weighted by Crippen LogP contribution is -2.32. The maximum Gasteiger partial charge on any atom is 0.254 e. The van der Waals surface area contributed by atoms with E-state index in [1.54, 1.807) is 0 Å². The maximum absolute atomic E-state index is 12.1. The number of carbonyl (C=O) groups excluding carboxylic acids is 2. The second-order valence-corrected chi connectivity index (χ2v) is 5.76. The van der Waals surface area contributed by atoms with Gasteiger partial charge in [0.2, 0.25) is 5.91 Å². The van der Waals surface area contributed by atoms with Crippen LogP contribution in [0, 0.1) is 0 Å². The molecule has 6 heteroatoms. The Morgan fingerprint density at radius 1 is 1.04 bits per heavy atom. The first kappa shape index (κ1) is 16.1. The summed E-state index contributed by atoms with van der Waals surface area (Å²) in [5.41, 5.74) is 1.30. The summed E-state index contributed by atoms with van der Waals surface area (Å²) in [6.07, 6.45) is 5.49. The first-order chi connectivity index (χ1) is 11.7. The number of amides is 2. The lowest BCUT2D eigenvalue weighted by molar-refractivity contribution is -0.129. The summed E-state index contributed by atoms with van der Waals surface area (Å²) in [4.78, 5) is 34.3. The largest absolute Gasteiger partial charge is 0.351 e. The van der Waals surface area contributed by atoms with Crippen LogP contribution in [0.25, 0.3) is 11.4 Å². The van der Waals surface area contributed by atoms with E-state index in [0.29, 0.717) is 24.4 Å². The zero-order valence-electron chi connectivity index (χ0n) is 13.4. The highest BCUT2D eigenvalue weighted by Crippen LogP contribution is 2.13. The van der Waals surface area contributed by atoms with Crippen molar-refractivity contribution in [1.29, 1.82) is 0 Å². The van der Waals surface area contributed by atoms with Crippen LogP contribution >= 0.6 is 0 Å². The number of carbonyl (C=O) groups is 2. The van der Waals surface area contributed by atoms with E-state index in [-0.39, 0.29) is 11.8 Å². The zero-order chi connectivity index (χ0) is 16.8. The average molecular weight is 324 g/mol. The number of benzene rings is 1. The van der Waals surface area contributed by atoms with Crippen molar-refractivity contribution in [2.45, 2.75) is 19.3 Å². The summed E-state index contributed by atoms with van der Waals surface area (Å²) in [6.45, 7) is 2.00. The molecule has 0 saturated carbocycles. The molecule has 124 valence electrons. The van der Waals surface area contributed by atoms with Crippen molar-refractivity contribution in [3.05, 3.63) is 48.3 Å². The third-order valence-electron chi connectivity index (χ3n) is 4.03. The van der Waals surface area contributed by atoms with Crippen molar-refractivity contribution in [2.75, 3.05) is 19.6 Å². The normalized spacial score (nSPS) is 13.8. The van der Waals surface area contributed by atoms with Crippen LogP contribution in [0.2, 0.25) is 0 Å². The van der Waals surface area contributed by atoms with E-state index < -0.39 is 0 Å². The highest BCUT2D eigenvalue weighted by molar-refractivity contribution is 5.94. The van der Waals surface area contributed by atoms with Gasteiger partial charge in [-0.2, -0.15) is 0 Å². The first-order valence-electron chi connectivity index (χ1n) is 8.17. The molecule has 2 heterocycles. The molecule has 0 radical (unpaired) electrons. The lowest BCUT2D eigenvalue weighted by atomic mass is 10.2. The summed E-state index contributed by atoms with van der Waals surface area (Å²) in [5.74, 6) is 0.420. The van der Waals surface area contributed by atoms with Crippen LogP contribution in [0.4, 0.5) is 0 Å². The predicted molar refractivity (Wildman–Crippen MR) is 90.2 cm³/mol. The molecular formula is C18H20N4O2. The zero-order valence-corrected chi connectivity index (χ0v) is 13.4. The Hall–Kier alpha value is -2.76. The van der Waals surface area contributed by atoms with E-state index in [2.05, 4.69) is 15.3 Å². The minimum absolute atomic E-state index is 0.100. The smallest absolute Gasteiger partial charge is 0.254 e. The molecule has 0 aliphatic carbocycles. The highest BCUT2D eigenvalue weighted by Gasteiger charge is 2.17. The summed E-state index contributed by atoms with van der Waals surface area (Å²) in [6, 6.07) is 9.58. The van der Waals surface area contributed by atoms with E-state index in [1.165, 1.54) is 12.4 Å². The number of nitrogens with zero attached hydrogens (tertiary/aromatic N) is 3. The van der Waals surface area contributed by atoms with Crippen molar-refractivity contribution < 1.29 is 9.59 Å². The lowest BCUT2D eigenvalue weighted by Gasteiger charge is -2.15. The molecule has 1 aromatic carbocycles. The molecule has 0 bridgehead atoms. The molecule has 2 aromatic rings. The topological polar surface area (TPSA) is 75.2 Å². The van der Waals surface area contributed by atoms with Crippen molar-refractivity contribution in [1.82, 2.24) is 20.2 Å². The Morgan fingerprint density at radius 3 is 2.38 bits per heavy atom. The van der Waals surface area contributed by atoms with Gasteiger partial charge in [-0.1, -0.05) is 30.3 Å². The van der Waals surface area contributed by atoms with Gasteiger partial charge in [0.1, 0.15) is 0 Å². The molecule has 1 fully saturated rings. The van der Waals surface area contributed by atoms with Gasteiger partial charge in [-0.25, -0.2) is 9.97 Å². The maximum atomic E-state index is 12.1. The molecule has 24 heavy (non-hydrogen) atoms. The molecule has 1 aliphatic rings. The Morgan fingerprint density at radius 2 is 1.71 bits per heavy atom. The molecule has 1 N–H and O–H groups in total. The predicted octanol–water partition coefficient (Wildman–Crippen LogP) is 1.89. The van der Waals surface area contributed by atoms with Gasteiger partial charge >= 0.3 is 0 Å². The van der Waals surface area contributed by atoms with Crippen LogP contribution < -0.4 is 5.32 Å². The van der Waals surface area contributed by atoms with Crippen LogP contribution in [-0.2, 0) is 4.79 Å². The van der Waals surface area contributed by atoms with Crippen molar-refractivity contribution in [3.63, 3.8) is 0 Å². The second-order valence-electron chi connectivity index (χ2n) is 5.76. The quantitative estimate of drug-likeness (QED) is 0.911. The number of hydrogen-bond donors (Lipinski definition) is 1. The van der Waals surface area contributed by atoms with Gasteiger partial charge in [0, 0.05) is 44.0 Å². The third kappa shape index (κ3) is 3.95. The molecule has 1 aromatic heterocycles. The molecule has 3 rings (SSSR count). The molecule has 0 unspecified atom stereocenters. The van der Waals surface area contributed by atoms with E-state index in [0.717, 1.165) is 31.5 Å². The summed E-state index contributed by atoms with van der Waals surface area (Å²) < 4.78 is 0. The fraction of sp³-hybridized carbons (Fsp3) is 0.333. The number of likely N-dealkylation sites (tertiary alicyclic amines) is 1. The molecule has 0 spiro atoms. The van der Waals surface area contributed by atoms with Gasteiger partial charge in [-0.3, -0.25) is 9.59 Å². The van der Waals surface area contributed by atoms with Crippen LogP contribution in [0.3, 0.4) is 0 Å². The SMILES string of the molecule is O=C(NCCC(=O)N1CCCC1)c1cnc(-c2ccccc2)nc1. The fourth-order valence-electron chi connectivity index (χ4n) is 2.69. The van der Waals surface area contributed by atoms with Crippen LogP contribution in [0.15, 0.2) is 42.7 Å². The Balaban J connectivity index is 1.51. The number of aromatic nitrogens is 2. The highest BCUT2D eigenvalue weighted by atomic mass is 16.2. The summed E-state index contributed by atoms with van der Waals surface area (Å²) >= 11 is 0. The third-order valence-corrected chi connectivity index (χ3v) is 4.03. The van der Waals surface area contributed by atoms with Gasteiger partial charge < -0.3 is 10.2 Å². The molecule has 6 nitrogen and oxygen atoms in total. The van der Waals surface area contributed by atoms with Gasteiger partial charge in [0.25, 0.3) is 5.91 Å². The van der Waals surface area contributed by atoms with E-state index in [9.17, 15) is 9.59 Å². The monoisotopic (exact) mass is 324 g/mol. The van der Waals surface area contributed by atoms with Gasteiger partial charge in [-0.15, -0.1) is 0 Å². The first-order valence-corrected chi connectivity index (χ1v) is 8.17. The van der Waals surface area contributed by atoms with Gasteiger partial charge in [0.15, 0.2) is 5.82 Å². The van der Waals surface area contributed by atoms with Gasteiger partial charge in [0.05, 0.1) is 5.56 Å². The standard InChI is InChI=1S/C18H20N4O2/c23-16(22-10-4-5-11-22)8-9-19-18(24)15-12-20-17(21-13-15)14-6-2-1-3-7-14/h1-3,6-7,12-13H,4-5,8-11H2,(H,19,24). The number of hydrogen-bond acceptors (Lipinski definition) is 4. The molecule has 0 atom stereocenters. The van der Waals surface area contributed by atoms with Gasteiger partial charge in [-0.05, 0) is 12.8 Å². The van der Waals surface area contributed by atoms with Crippen molar-refractivity contribution in [3.8, 4) is 11.4 Å². The molecule has 1 aliphatic heterocycles. The molecule has 2 amide bonds. The van der Waals surface area contributed by atoms with Crippen molar-refractivity contribution in [2.24, 2.45) is 0 Å².